The van der Waals surface area contributed by atoms with E-state index in [2.05, 4.69) is 46.4 Å². The molecule has 1 aromatic rings. The van der Waals surface area contributed by atoms with Crippen molar-refractivity contribution in [1.82, 2.24) is 25.4 Å². The standard InChI is InChI=1S/C17H29ClN6.HI/c1-4-19-17(20-8-7-14-5-6-16(18)21-11-14)22-12-15-13-23(2)9-10-24(15)3;/h5-6,11,15H,4,7-10,12-13H2,1-3H3,(H2,19,20,22);1H. The summed E-state index contributed by atoms with van der Waals surface area (Å²) in [6.45, 7) is 7.86. The Hall–Kier alpha value is -0.640. The zero-order valence-electron chi connectivity index (χ0n) is 15.3. The van der Waals surface area contributed by atoms with Gasteiger partial charge in [0, 0.05) is 45.0 Å². The first kappa shape index (κ1) is 22.4. The number of likely N-dealkylation sites (N-methyl/N-ethyl adjacent to an activating group) is 2. The molecular weight excluding hydrogens is 451 g/mol. The zero-order chi connectivity index (χ0) is 17.4. The average Bonchev–Trinajstić information content (AvgIpc) is 2.57. The summed E-state index contributed by atoms with van der Waals surface area (Å²) in [5.41, 5.74) is 1.16. The van der Waals surface area contributed by atoms with Gasteiger partial charge in [-0.2, -0.15) is 0 Å². The second-order valence-electron chi connectivity index (χ2n) is 6.28. The van der Waals surface area contributed by atoms with Crippen molar-refractivity contribution in [2.45, 2.75) is 19.4 Å². The monoisotopic (exact) mass is 480 g/mol. The van der Waals surface area contributed by atoms with Crippen LogP contribution in [0.5, 0.6) is 0 Å². The lowest BCUT2D eigenvalue weighted by Gasteiger charge is -2.36. The van der Waals surface area contributed by atoms with E-state index in [9.17, 15) is 0 Å². The van der Waals surface area contributed by atoms with E-state index in [4.69, 9.17) is 16.6 Å². The highest BCUT2D eigenvalue weighted by atomic mass is 127. The maximum absolute atomic E-state index is 5.81. The van der Waals surface area contributed by atoms with Crippen LogP contribution in [0.4, 0.5) is 0 Å². The van der Waals surface area contributed by atoms with E-state index in [0.29, 0.717) is 11.2 Å². The van der Waals surface area contributed by atoms with Crippen molar-refractivity contribution in [2.24, 2.45) is 4.99 Å². The van der Waals surface area contributed by atoms with Gasteiger partial charge in [0.05, 0.1) is 6.54 Å². The van der Waals surface area contributed by atoms with Crippen LogP contribution in [0, 0.1) is 0 Å². The molecule has 1 saturated heterocycles. The molecule has 2 heterocycles. The molecule has 1 aliphatic heterocycles. The number of nitrogens with zero attached hydrogens (tertiary/aromatic N) is 4. The molecule has 2 rings (SSSR count). The second-order valence-corrected chi connectivity index (χ2v) is 6.67. The molecule has 0 saturated carbocycles. The van der Waals surface area contributed by atoms with Crippen LogP contribution in [0.25, 0.3) is 0 Å². The fourth-order valence-electron chi connectivity index (χ4n) is 2.72. The Morgan fingerprint density at radius 2 is 2.12 bits per heavy atom. The van der Waals surface area contributed by atoms with Crippen molar-refractivity contribution in [1.29, 1.82) is 0 Å². The summed E-state index contributed by atoms with van der Waals surface area (Å²) in [6, 6.07) is 4.30. The van der Waals surface area contributed by atoms with Crippen molar-refractivity contribution in [3.05, 3.63) is 29.0 Å². The van der Waals surface area contributed by atoms with Crippen molar-refractivity contribution in [3.8, 4) is 0 Å². The molecule has 1 aromatic heterocycles. The number of hydrogen-bond donors (Lipinski definition) is 2. The van der Waals surface area contributed by atoms with Gasteiger partial charge in [-0.05, 0) is 39.1 Å². The molecule has 2 N–H and O–H groups in total. The fourth-order valence-corrected chi connectivity index (χ4v) is 2.83. The number of rotatable bonds is 6. The molecule has 1 aliphatic rings. The van der Waals surface area contributed by atoms with Gasteiger partial charge in [0.15, 0.2) is 5.96 Å². The van der Waals surface area contributed by atoms with Gasteiger partial charge in [-0.15, -0.1) is 24.0 Å². The summed E-state index contributed by atoms with van der Waals surface area (Å²) in [5, 5.41) is 7.24. The number of nitrogens with one attached hydrogen (secondary N) is 2. The largest absolute Gasteiger partial charge is 0.357 e. The smallest absolute Gasteiger partial charge is 0.191 e. The van der Waals surface area contributed by atoms with Crippen LogP contribution in [0.1, 0.15) is 12.5 Å². The topological polar surface area (TPSA) is 55.8 Å². The minimum atomic E-state index is 0. The van der Waals surface area contributed by atoms with Crippen molar-refractivity contribution < 1.29 is 0 Å². The van der Waals surface area contributed by atoms with E-state index in [0.717, 1.165) is 57.2 Å². The van der Waals surface area contributed by atoms with Gasteiger partial charge in [0.1, 0.15) is 5.15 Å². The first-order valence-electron chi connectivity index (χ1n) is 8.60. The van der Waals surface area contributed by atoms with Crippen LogP contribution in [0.2, 0.25) is 5.15 Å². The lowest BCUT2D eigenvalue weighted by atomic mass is 10.2. The number of aromatic nitrogens is 1. The van der Waals surface area contributed by atoms with Crippen LogP contribution in [0.3, 0.4) is 0 Å². The van der Waals surface area contributed by atoms with E-state index < -0.39 is 0 Å². The van der Waals surface area contributed by atoms with Gasteiger partial charge >= 0.3 is 0 Å². The third-order valence-electron chi connectivity index (χ3n) is 4.28. The Balaban J connectivity index is 0.00000312. The Bertz CT molecular complexity index is 524. The van der Waals surface area contributed by atoms with Crippen LogP contribution in [-0.2, 0) is 6.42 Å². The zero-order valence-corrected chi connectivity index (χ0v) is 18.4. The minimum Gasteiger partial charge on any atom is -0.357 e. The molecule has 0 aliphatic carbocycles. The summed E-state index contributed by atoms with van der Waals surface area (Å²) in [7, 11) is 4.36. The van der Waals surface area contributed by atoms with Crippen molar-refractivity contribution in [2.75, 3.05) is 53.4 Å². The minimum absolute atomic E-state index is 0. The highest BCUT2D eigenvalue weighted by Crippen LogP contribution is 2.06. The maximum Gasteiger partial charge on any atom is 0.191 e. The quantitative estimate of drug-likeness (QED) is 0.281. The molecule has 1 atom stereocenters. The molecular formula is C17H30ClIN6. The lowest BCUT2D eigenvalue weighted by Crippen LogP contribution is -2.51. The normalized spacial score (nSPS) is 19.4. The number of pyridine rings is 1. The van der Waals surface area contributed by atoms with Gasteiger partial charge in [0.2, 0.25) is 0 Å². The van der Waals surface area contributed by atoms with Crippen molar-refractivity contribution in [3.63, 3.8) is 0 Å². The molecule has 142 valence electrons. The lowest BCUT2D eigenvalue weighted by molar-refractivity contribution is 0.119. The van der Waals surface area contributed by atoms with Crippen LogP contribution in [-0.4, -0.2) is 80.1 Å². The third-order valence-corrected chi connectivity index (χ3v) is 4.50. The molecule has 0 amide bonds. The Labute approximate surface area is 173 Å². The average molecular weight is 481 g/mol. The van der Waals surface area contributed by atoms with Crippen LogP contribution in [0.15, 0.2) is 23.3 Å². The van der Waals surface area contributed by atoms with Crippen molar-refractivity contribution >= 4 is 41.5 Å². The molecule has 6 nitrogen and oxygen atoms in total. The van der Waals surface area contributed by atoms with Gasteiger partial charge in [-0.25, -0.2) is 4.98 Å². The Kier molecular flexibility index (Phi) is 10.6. The summed E-state index contributed by atoms with van der Waals surface area (Å²) in [6.07, 6.45) is 2.71. The van der Waals surface area contributed by atoms with E-state index in [1.54, 1.807) is 0 Å². The van der Waals surface area contributed by atoms with E-state index in [1.807, 2.05) is 18.3 Å². The van der Waals surface area contributed by atoms with E-state index >= 15 is 0 Å². The van der Waals surface area contributed by atoms with E-state index in [-0.39, 0.29) is 24.0 Å². The highest BCUT2D eigenvalue weighted by Gasteiger charge is 2.21. The fraction of sp³-hybridized carbons (Fsp3) is 0.647. The second kappa shape index (κ2) is 11.9. The van der Waals surface area contributed by atoms with Gasteiger partial charge in [-0.3, -0.25) is 9.89 Å². The molecule has 0 bridgehead atoms. The predicted molar refractivity (Wildman–Crippen MR) is 116 cm³/mol. The number of hydrogen-bond acceptors (Lipinski definition) is 4. The summed E-state index contributed by atoms with van der Waals surface area (Å²) in [4.78, 5) is 13.6. The molecule has 0 radical (unpaired) electrons. The molecule has 0 aromatic carbocycles. The van der Waals surface area contributed by atoms with Gasteiger partial charge < -0.3 is 15.5 Å². The molecule has 0 spiro atoms. The molecule has 25 heavy (non-hydrogen) atoms. The SMILES string of the molecule is CCNC(=NCC1CN(C)CCN1C)NCCc1ccc(Cl)nc1.I. The Morgan fingerprint density at radius 1 is 1.32 bits per heavy atom. The predicted octanol–water partition coefficient (Wildman–Crippen LogP) is 1.70. The summed E-state index contributed by atoms with van der Waals surface area (Å²) < 4.78 is 0. The molecule has 1 unspecified atom stereocenters. The summed E-state index contributed by atoms with van der Waals surface area (Å²) >= 11 is 5.81. The molecule has 1 fully saturated rings. The van der Waals surface area contributed by atoms with Crippen LogP contribution < -0.4 is 10.6 Å². The molecule has 8 heteroatoms. The number of halogens is 2. The van der Waals surface area contributed by atoms with Gasteiger partial charge in [-0.1, -0.05) is 17.7 Å². The first-order valence-corrected chi connectivity index (χ1v) is 8.97. The van der Waals surface area contributed by atoms with E-state index in [1.165, 1.54) is 0 Å². The maximum atomic E-state index is 5.81. The Morgan fingerprint density at radius 3 is 2.80 bits per heavy atom. The summed E-state index contributed by atoms with van der Waals surface area (Å²) in [5.74, 6) is 0.876. The van der Waals surface area contributed by atoms with Crippen LogP contribution >= 0.6 is 35.6 Å². The highest BCUT2D eigenvalue weighted by molar-refractivity contribution is 14.0. The number of aliphatic imine (C=N–C) groups is 1. The first-order chi connectivity index (χ1) is 11.6. The van der Waals surface area contributed by atoms with Gasteiger partial charge in [0.25, 0.3) is 0 Å². The third kappa shape index (κ3) is 8.06. The number of piperazine rings is 1. The number of guanidine groups is 1.